The first kappa shape index (κ1) is 23.1. The fourth-order valence-corrected chi connectivity index (χ4v) is 3.66. The molecule has 1 amide bonds. The minimum absolute atomic E-state index is 0.310. The summed E-state index contributed by atoms with van der Waals surface area (Å²) >= 11 is 5.45. The summed E-state index contributed by atoms with van der Waals surface area (Å²) < 4.78 is 15.4. The molecule has 1 aliphatic rings. The largest absolute Gasteiger partial charge is 0.497 e. The molecule has 0 bridgehead atoms. The maximum Gasteiger partial charge on any atom is 0.337 e. The molecule has 2 N–H and O–H groups in total. The molecular formula is C23H25N3O5S. The van der Waals surface area contributed by atoms with Crippen molar-refractivity contribution < 1.29 is 23.8 Å². The molecule has 0 fully saturated rings. The van der Waals surface area contributed by atoms with Crippen LogP contribution in [0.15, 0.2) is 53.7 Å². The maximum atomic E-state index is 13.4. The van der Waals surface area contributed by atoms with Crippen LogP contribution in [0, 0.1) is 0 Å². The van der Waals surface area contributed by atoms with Gasteiger partial charge in [0.15, 0.2) is 5.11 Å². The van der Waals surface area contributed by atoms with Gasteiger partial charge in [0.2, 0.25) is 0 Å². The summed E-state index contributed by atoms with van der Waals surface area (Å²) in [6, 6.07) is 11.5. The van der Waals surface area contributed by atoms with Crippen LogP contribution in [0.1, 0.15) is 28.9 Å². The Bertz CT molecular complexity index is 1080. The third-order valence-electron chi connectivity index (χ3n) is 5.32. The van der Waals surface area contributed by atoms with E-state index in [2.05, 4.69) is 10.6 Å². The molecule has 1 aliphatic heterocycles. The first-order valence-corrected chi connectivity index (χ1v) is 10.2. The predicted octanol–water partition coefficient (Wildman–Crippen LogP) is 3.26. The second-order valence-corrected chi connectivity index (χ2v) is 7.46. The van der Waals surface area contributed by atoms with Crippen LogP contribution >= 0.6 is 12.2 Å². The van der Waals surface area contributed by atoms with Crippen LogP contribution in [0.25, 0.3) is 0 Å². The van der Waals surface area contributed by atoms with Crippen molar-refractivity contribution in [1.82, 2.24) is 10.2 Å². The molecule has 0 saturated heterocycles. The standard InChI is InChI=1S/C23H25N3O5S/c1-13-19(21(27)24-17-11-10-16(29-3)12-18(17)30-4)20(25-23(32)26(13)2)14-6-8-15(9-7-14)22(28)31-5/h6-12,20H,1-5H3,(H,24,27)(H,25,32). The van der Waals surface area contributed by atoms with Gasteiger partial charge in [-0.2, -0.15) is 0 Å². The zero-order chi connectivity index (χ0) is 23.4. The van der Waals surface area contributed by atoms with E-state index in [4.69, 9.17) is 26.4 Å². The average molecular weight is 456 g/mol. The van der Waals surface area contributed by atoms with Crippen molar-refractivity contribution >= 4 is 34.9 Å². The molecule has 1 unspecified atom stereocenters. The number of allylic oxidation sites excluding steroid dienone is 1. The molecule has 1 heterocycles. The Morgan fingerprint density at radius 2 is 1.75 bits per heavy atom. The van der Waals surface area contributed by atoms with Crippen molar-refractivity contribution in [2.75, 3.05) is 33.7 Å². The number of amides is 1. The number of anilines is 1. The number of hydrogen-bond donors (Lipinski definition) is 2. The molecule has 0 aliphatic carbocycles. The van der Waals surface area contributed by atoms with Gasteiger partial charge in [-0.05, 0) is 49.0 Å². The first-order valence-electron chi connectivity index (χ1n) is 9.77. The summed E-state index contributed by atoms with van der Waals surface area (Å²) in [7, 11) is 6.20. The Kier molecular flexibility index (Phi) is 6.99. The Balaban J connectivity index is 1.98. The fraction of sp³-hybridized carbons (Fsp3) is 0.261. The Labute approximate surface area is 192 Å². The Morgan fingerprint density at radius 3 is 2.34 bits per heavy atom. The van der Waals surface area contributed by atoms with Crippen molar-refractivity contribution in [3.8, 4) is 11.5 Å². The highest BCUT2D eigenvalue weighted by atomic mass is 32.1. The topological polar surface area (TPSA) is 89.1 Å². The van der Waals surface area contributed by atoms with Crippen LogP contribution in [0.3, 0.4) is 0 Å². The second kappa shape index (κ2) is 9.69. The van der Waals surface area contributed by atoms with E-state index in [1.165, 1.54) is 14.2 Å². The average Bonchev–Trinajstić information content (AvgIpc) is 2.81. The van der Waals surface area contributed by atoms with Gasteiger partial charge in [-0.1, -0.05) is 12.1 Å². The second-order valence-electron chi connectivity index (χ2n) is 7.07. The van der Waals surface area contributed by atoms with Crippen molar-refractivity contribution in [3.63, 3.8) is 0 Å². The Morgan fingerprint density at radius 1 is 1.06 bits per heavy atom. The minimum atomic E-state index is -0.505. The summed E-state index contributed by atoms with van der Waals surface area (Å²) in [6.07, 6.45) is 0. The molecule has 2 aromatic rings. The van der Waals surface area contributed by atoms with Crippen molar-refractivity contribution in [2.24, 2.45) is 0 Å². The van der Waals surface area contributed by atoms with Crippen molar-refractivity contribution in [3.05, 3.63) is 64.9 Å². The van der Waals surface area contributed by atoms with Gasteiger partial charge in [0, 0.05) is 18.8 Å². The van der Waals surface area contributed by atoms with E-state index in [1.807, 2.05) is 6.92 Å². The van der Waals surface area contributed by atoms with Crippen LogP contribution < -0.4 is 20.1 Å². The highest BCUT2D eigenvalue weighted by Gasteiger charge is 2.33. The third-order valence-corrected chi connectivity index (χ3v) is 5.71. The van der Waals surface area contributed by atoms with E-state index < -0.39 is 12.0 Å². The molecule has 0 radical (unpaired) electrons. The van der Waals surface area contributed by atoms with Crippen LogP contribution in [-0.2, 0) is 9.53 Å². The normalized spacial score (nSPS) is 15.7. The molecular weight excluding hydrogens is 430 g/mol. The fourth-order valence-electron chi connectivity index (χ4n) is 3.40. The molecule has 0 spiro atoms. The zero-order valence-corrected chi connectivity index (χ0v) is 19.3. The van der Waals surface area contributed by atoms with Gasteiger partial charge in [-0.25, -0.2) is 4.79 Å². The number of esters is 1. The molecule has 8 nitrogen and oxygen atoms in total. The summed E-state index contributed by atoms with van der Waals surface area (Å²) in [5.74, 6) is 0.348. The Hall–Kier alpha value is -3.59. The number of nitrogens with one attached hydrogen (secondary N) is 2. The lowest BCUT2D eigenvalue weighted by molar-refractivity contribution is -0.113. The number of carbonyl (C=O) groups excluding carboxylic acids is 2. The van der Waals surface area contributed by atoms with Crippen molar-refractivity contribution in [1.29, 1.82) is 0 Å². The van der Waals surface area contributed by atoms with Gasteiger partial charge >= 0.3 is 5.97 Å². The smallest absolute Gasteiger partial charge is 0.337 e. The lowest BCUT2D eigenvalue weighted by Gasteiger charge is -2.35. The number of hydrogen-bond acceptors (Lipinski definition) is 6. The number of benzene rings is 2. The van der Waals surface area contributed by atoms with Gasteiger partial charge in [-0.15, -0.1) is 0 Å². The van der Waals surface area contributed by atoms with Crippen LogP contribution in [0.5, 0.6) is 11.5 Å². The van der Waals surface area contributed by atoms with Gasteiger partial charge in [0.1, 0.15) is 11.5 Å². The number of carbonyl (C=O) groups is 2. The monoisotopic (exact) mass is 455 g/mol. The molecule has 168 valence electrons. The summed E-state index contributed by atoms with van der Waals surface area (Å²) in [5, 5.41) is 6.62. The number of thiocarbonyl (C=S) groups is 1. The van der Waals surface area contributed by atoms with Crippen LogP contribution in [0.2, 0.25) is 0 Å². The highest BCUT2D eigenvalue weighted by Crippen LogP contribution is 2.33. The number of rotatable bonds is 6. The zero-order valence-electron chi connectivity index (χ0n) is 18.5. The van der Waals surface area contributed by atoms with E-state index in [0.29, 0.717) is 39.1 Å². The van der Waals surface area contributed by atoms with E-state index >= 15 is 0 Å². The predicted molar refractivity (Wildman–Crippen MR) is 125 cm³/mol. The summed E-state index contributed by atoms with van der Waals surface area (Å²) in [4.78, 5) is 26.9. The van der Waals surface area contributed by atoms with Gasteiger partial charge in [0.25, 0.3) is 5.91 Å². The first-order chi connectivity index (χ1) is 15.3. The number of ether oxygens (including phenoxy) is 3. The van der Waals surface area contributed by atoms with Gasteiger partial charge in [-0.3, -0.25) is 4.79 Å². The van der Waals surface area contributed by atoms with Crippen LogP contribution in [-0.4, -0.2) is 50.3 Å². The quantitative estimate of drug-likeness (QED) is 0.507. The summed E-state index contributed by atoms with van der Waals surface area (Å²) in [5.41, 5.74) is 2.90. The van der Waals surface area contributed by atoms with E-state index in [9.17, 15) is 9.59 Å². The highest BCUT2D eigenvalue weighted by molar-refractivity contribution is 7.80. The van der Waals surface area contributed by atoms with Gasteiger partial charge < -0.3 is 29.7 Å². The van der Waals surface area contributed by atoms with Crippen LogP contribution in [0.4, 0.5) is 5.69 Å². The third kappa shape index (κ3) is 4.52. The van der Waals surface area contributed by atoms with Gasteiger partial charge in [0.05, 0.1) is 44.2 Å². The molecule has 1 atom stereocenters. The van der Waals surface area contributed by atoms with E-state index in [0.717, 1.165) is 5.56 Å². The maximum absolute atomic E-state index is 13.4. The SMILES string of the molecule is COC(=O)c1ccc(C2NC(=S)N(C)C(C)=C2C(=O)Nc2ccc(OC)cc2OC)cc1. The molecule has 32 heavy (non-hydrogen) atoms. The van der Waals surface area contributed by atoms with E-state index in [-0.39, 0.29) is 5.91 Å². The molecule has 0 saturated carbocycles. The molecule has 3 rings (SSSR count). The molecule has 2 aromatic carbocycles. The molecule has 9 heteroatoms. The number of methoxy groups -OCH3 is 3. The number of nitrogens with zero attached hydrogens (tertiary/aromatic N) is 1. The summed E-state index contributed by atoms with van der Waals surface area (Å²) in [6.45, 7) is 1.84. The van der Waals surface area contributed by atoms with Crippen molar-refractivity contribution in [2.45, 2.75) is 13.0 Å². The minimum Gasteiger partial charge on any atom is -0.497 e. The lowest BCUT2D eigenvalue weighted by atomic mass is 9.93. The molecule has 0 aromatic heterocycles. The lowest BCUT2D eigenvalue weighted by Crippen LogP contribution is -2.46. The van der Waals surface area contributed by atoms with E-state index in [1.54, 1.807) is 61.5 Å².